The summed E-state index contributed by atoms with van der Waals surface area (Å²) in [5, 5.41) is 17.9. The van der Waals surface area contributed by atoms with Crippen LogP contribution in [0.25, 0.3) is 5.70 Å². The van der Waals surface area contributed by atoms with Crippen molar-refractivity contribution in [2.75, 3.05) is 6.79 Å². The van der Waals surface area contributed by atoms with Gasteiger partial charge in [-0.15, -0.1) is 0 Å². The second-order valence-corrected chi connectivity index (χ2v) is 8.54. The number of nitrogens with one attached hydrogen (secondary N) is 2. The van der Waals surface area contributed by atoms with Crippen LogP contribution < -0.4 is 20.1 Å². The van der Waals surface area contributed by atoms with Gasteiger partial charge in [-0.3, -0.25) is 5.32 Å². The Kier molecular flexibility index (Phi) is 5.25. The van der Waals surface area contributed by atoms with Crippen LogP contribution in [0.1, 0.15) is 28.9 Å². The summed E-state index contributed by atoms with van der Waals surface area (Å²) < 4.78 is 25.1. The van der Waals surface area contributed by atoms with Gasteiger partial charge in [-0.25, -0.2) is 4.39 Å². The van der Waals surface area contributed by atoms with E-state index < -0.39 is 0 Å². The summed E-state index contributed by atoms with van der Waals surface area (Å²) in [5.41, 5.74) is 3.18. The molecule has 0 radical (unpaired) electrons. The minimum Gasteiger partial charge on any atom is -0.508 e. The van der Waals surface area contributed by atoms with Gasteiger partial charge in [-0.1, -0.05) is 17.7 Å². The minimum absolute atomic E-state index is 0.129. The number of hydrogen-bond acceptors (Lipinski definition) is 5. The molecule has 5 nitrogen and oxygen atoms in total. The number of rotatable bonds is 3. The van der Waals surface area contributed by atoms with Crippen LogP contribution in [0, 0.1) is 5.82 Å². The van der Waals surface area contributed by atoms with Gasteiger partial charge < -0.3 is 19.9 Å². The van der Waals surface area contributed by atoms with E-state index in [1.807, 2.05) is 24.3 Å². The van der Waals surface area contributed by atoms with Gasteiger partial charge in [0.2, 0.25) is 6.79 Å². The van der Waals surface area contributed by atoms with E-state index in [4.69, 9.17) is 21.1 Å². The quantitative estimate of drug-likeness (QED) is 0.431. The van der Waals surface area contributed by atoms with Crippen LogP contribution in [0.5, 0.6) is 17.2 Å². The molecule has 2 unspecified atom stereocenters. The third-order valence-electron chi connectivity index (χ3n) is 5.26. The first-order chi connectivity index (χ1) is 15.0. The normalized spacial score (nSPS) is 19.6. The number of halogens is 3. The molecule has 5 rings (SSSR count). The molecule has 0 fully saturated rings. The first-order valence-electron chi connectivity index (χ1n) is 9.56. The average molecular weight is 504 g/mol. The maximum Gasteiger partial charge on any atom is 0.231 e. The van der Waals surface area contributed by atoms with Gasteiger partial charge in [0.05, 0.1) is 10.5 Å². The Bertz CT molecular complexity index is 1200. The maximum atomic E-state index is 13.8. The fourth-order valence-electron chi connectivity index (χ4n) is 3.71. The van der Waals surface area contributed by atoms with E-state index in [0.717, 1.165) is 16.8 Å². The highest BCUT2D eigenvalue weighted by Gasteiger charge is 2.27. The van der Waals surface area contributed by atoms with Crippen molar-refractivity contribution in [2.45, 2.75) is 12.2 Å². The first kappa shape index (κ1) is 20.2. The first-order valence-corrected chi connectivity index (χ1v) is 10.7. The number of ether oxygens (including phenoxy) is 2. The van der Waals surface area contributed by atoms with Crippen LogP contribution in [-0.4, -0.2) is 11.9 Å². The van der Waals surface area contributed by atoms with Gasteiger partial charge in [0.25, 0.3) is 0 Å². The van der Waals surface area contributed by atoms with Gasteiger partial charge in [0, 0.05) is 21.8 Å². The summed E-state index contributed by atoms with van der Waals surface area (Å²) in [5.74, 6) is 1.16. The second-order valence-electron chi connectivity index (χ2n) is 7.25. The fraction of sp³-hybridized carbons (Fsp3) is 0.130. The molecule has 0 aliphatic carbocycles. The van der Waals surface area contributed by atoms with Crippen molar-refractivity contribution >= 4 is 33.2 Å². The molecule has 2 aliphatic rings. The van der Waals surface area contributed by atoms with Crippen LogP contribution in [0.3, 0.4) is 0 Å². The van der Waals surface area contributed by atoms with Crippen molar-refractivity contribution in [2.24, 2.45) is 0 Å². The summed E-state index contributed by atoms with van der Waals surface area (Å²) in [7, 11) is 0. The van der Waals surface area contributed by atoms with E-state index in [2.05, 4.69) is 26.6 Å². The Morgan fingerprint density at radius 2 is 1.87 bits per heavy atom. The molecule has 2 aliphatic heterocycles. The average Bonchev–Trinajstić information content (AvgIpc) is 3.25. The number of phenols is 1. The molecule has 3 N–H and O–H groups in total. The number of benzene rings is 3. The van der Waals surface area contributed by atoms with Crippen molar-refractivity contribution in [3.63, 3.8) is 0 Å². The van der Waals surface area contributed by atoms with Crippen molar-refractivity contribution in [1.29, 1.82) is 0 Å². The summed E-state index contributed by atoms with van der Waals surface area (Å²) in [6.45, 7) is 0.193. The van der Waals surface area contributed by atoms with E-state index in [9.17, 15) is 9.50 Å². The molecule has 0 saturated carbocycles. The van der Waals surface area contributed by atoms with Crippen molar-refractivity contribution in [3.8, 4) is 17.2 Å². The SMILES string of the molecule is Oc1ccc(Cl)cc1C1C=C(c2ccc3c(c2)OCO3)NC(c2ccc(F)c(Br)c2)N1. The van der Waals surface area contributed by atoms with Gasteiger partial charge in [0.15, 0.2) is 11.5 Å². The lowest BCUT2D eigenvalue weighted by Gasteiger charge is -2.33. The molecule has 0 aromatic heterocycles. The Labute approximate surface area is 191 Å². The molecule has 2 heterocycles. The van der Waals surface area contributed by atoms with Crippen molar-refractivity contribution in [3.05, 3.63) is 92.7 Å². The summed E-state index contributed by atoms with van der Waals surface area (Å²) >= 11 is 9.45. The number of fused-ring (bicyclic) bond motifs is 1. The van der Waals surface area contributed by atoms with Gasteiger partial charge in [-0.2, -0.15) is 0 Å². The standard InChI is InChI=1S/C23H17BrClFN2O3/c24-16-7-13(1-4-17(16)26)23-27-18(12-2-6-21-22(8-12)31-11-30-21)10-19(28-23)15-9-14(25)3-5-20(15)29/h1-10,19,23,27-29H,11H2. The summed E-state index contributed by atoms with van der Waals surface area (Å²) in [6, 6.07) is 15.1. The number of aromatic hydroxyl groups is 1. The summed E-state index contributed by atoms with van der Waals surface area (Å²) in [6.07, 6.45) is 1.61. The van der Waals surface area contributed by atoms with E-state index in [0.29, 0.717) is 26.6 Å². The Hall–Kier alpha value is -2.74. The van der Waals surface area contributed by atoms with E-state index in [1.165, 1.54) is 6.07 Å². The molecular weight excluding hydrogens is 487 g/mol. The molecule has 8 heteroatoms. The predicted molar refractivity (Wildman–Crippen MR) is 120 cm³/mol. The van der Waals surface area contributed by atoms with Crippen LogP contribution >= 0.6 is 27.5 Å². The third kappa shape index (κ3) is 3.96. The Balaban J connectivity index is 1.58. The third-order valence-corrected chi connectivity index (χ3v) is 6.11. The predicted octanol–water partition coefficient (Wildman–Crippen LogP) is 5.65. The zero-order valence-electron chi connectivity index (χ0n) is 16.0. The maximum absolute atomic E-state index is 13.8. The number of hydrogen-bond donors (Lipinski definition) is 3. The molecule has 158 valence electrons. The van der Waals surface area contributed by atoms with Crippen LogP contribution in [0.2, 0.25) is 5.02 Å². The fourth-order valence-corrected chi connectivity index (χ4v) is 4.29. The van der Waals surface area contributed by atoms with Crippen LogP contribution in [-0.2, 0) is 0 Å². The molecule has 2 atom stereocenters. The lowest BCUT2D eigenvalue weighted by molar-refractivity contribution is 0.174. The topological polar surface area (TPSA) is 62.8 Å². The van der Waals surface area contributed by atoms with E-state index in [1.54, 1.807) is 30.3 Å². The Morgan fingerprint density at radius 1 is 1.03 bits per heavy atom. The largest absolute Gasteiger partial charge is 0.508 e. The van der Waals surface area contributed by atoms with Gasteiger partial charge in [0.1, 0.15) is 17.7 Å². The molecule has 0 bridgehead atoms. The summed E-state index contributed by atoms with van der Waals surface area (Å²) in [4.78, 5) is 0. The second kappa shape index (κ2) is 8.07. The highest BCUT2D eigenvalue weighted by atomic mass is 79.9. The highest BCUT2D eigenvalue weighted by molar-refractivity contribution is 9.10. The molecule has 0 saturated heterocycles. The van der Waals surface area contributed by atoms with Gasteiger partial charge >= 0.3 is 0 Å². The highest BCUT2D eigenvalue weighted by Crippen LogP contribution is 2.38. The molecule has 3 aromatic rings. The molecule has 0 spiro atoms. The van der Waals surface area contributed by atoms with Crippen molar-refractivity contribution in [1.82, 2.24) is 10.6 Å². The Morgan fingerprint density at radius 3 is 2.71 bits per heavy atom. The molecule has 31 heavy (non-hydrogen) atoms. The monoisotopic (exact) mass is 502 g/mol. The van der Waals surface area contributed by atoms with Crippen LogP contribution in [0.15, 0.2) is 65.1 Å². The minimum atomic E-state index is -0.356. The van der Waals surface area contributed by atoms with E-state index in [-0.39, 0.29) is 30.6 Å². The lowest BCUT2D eigenvalue weighted by atomic mass is 9.97. The zero-order valence-corrected chi connectivity index (χ0v) is 18.4. The number of phenolic OH excluding ortho intramolecular Hbond substituents is 1. The van der Waals surface area contributed by atoms with Crippen LogP contribution in [0.4, 0.5) is 4.39 Å². The molecule has 0 amide bonds. The smallest absolute Gasteiger partial charge is 0.231 e. The molecule has 3 aromatic carbocycles. The zero-order chi connectivity index (χ0) is 21.5. The van der Waals surface area contributed by atoms with E-state index >= 15 is 0 Å². The van der Waals surface area contributed by atoms with Gasteiger partial charge in [-0.05, 0) is 76.1 Å². The lowest BCUT2D eigenvalue weighted by Crippen LogP contribution is -2.39. The molecular formula is C23H17BrClFN2O3. The van der Waals surface area contributed by atoms with Crippen molar-refractivity contribution < 1.29 is 19.0 Å².